The Balaban J connectivity index is 1.63. The zero-order valence-corrected chi connectivity index (χ0v) is 18.2. The fourth-order valence-electron chi connectivity index (χ4n) is 3.34. The van der Waals surface area contributed by atoms with E-state index in [9.17, 15) is 9.90 Å². The van der Waals surface area contributed by atoms with Crippen molar-refractivity contribution in [1.29, 1.82) is 0 Å². The van der Waals surface area contributed by atoms with Gasteiger partial charge in [0.15, 0.2) is 0 Å². The highest BCUT2D eigenvalue weighted by Crippen LogP contribution is 2.36. The van der Waals surface area contributed by atoms with Gasteiger partial charge < -0.3 is 19.5 Å². The molecule has 0 spiro atoms. The Morgan fingerprint density at radius 3 is 2.76 bits per heavy atom. The predicted molar refractivity (Wildman–Crippen MR) is 113 cm³/mol. The maximum Gasteiger partial charge on any atom is 0.248 e. The van der Waals surface area contributed by atoms with Crippen LogP contribution < -0.4 is 4.74 Å². The average Bonchev–Trinajstić information content (AvgIpc) is 2.96. The van der Waals surface area contributed by atoms with Gasteiger partial charge in [0.1, 0.15) is 29.6 Å². The molecule has 1 N–H and O–H groups in total. The Bertz CT molecular complexity index is 808. The fraction of sp³-hybridized carbons (Fsp3) is 0.545. The molecule has 1 amide bonds. The third-order valence-corrected chi connectivity index (χ3v) is 6.43. The van der Waals surface area contributed by atoms with Crippen molar-refractivity contribution in [3.05, 3.63) is 45.9 Å². The Kier molecular flexibility index (Phi) is 7.27. The number of para-hydroxylation sites is 1. The van der Waals surface area contributed by atoms with Crippen LogP contribution in [0.5, 0.6) is 5.75 Å². The van der Waals surface area contributed by atoms with Gasteiger partial charge in [0.25, 0.3) is 0 Å². The number of rotatable bonds is 7. The largest absolute Gasteiger partial charge is 0.488 e. The number of aromatic nitrogens is 1. The Labute approximate surface area is 176 Å². The van der Waals surface area contributed by atoms with E-state index in [1.54, 1.807) is 4.90 Å². The quantitative estimate of drug-likeness (QED) is 0.743. The summed E-state index contributed by atoms with van der Waals surface area (Å²) in [5.74, 6) is 0.794. The monoisotopic (exact) mass is 418 g/mol. The second-order valence-electron chi connectivity index (χ2n) is 7.76. The molecule has 1 aliphatic heterocycles. The SMILES string of the molecule is Cc1nc(C2(O)CCCN(C(=O)COC(C)C)CC2)sc1COc1ccccc1. The standard InChI is InChI=1S/C22H30N2O4S/c1-16(2)27-15-20(25)24-12-7-10-22(26,11-13-24)21-23-17(3)19(29-21)14-28-18-8-5-4-6-9-18/h4-6,8-9,16,26H,7,10-15H2,1-3H3. The van der Waals surface area contributed by atoms with E-state index in [0.717, 1.165) is 27.7 Å². The van der Waals surface area contributed by atoms with E-state index in [-0.39, 0.29) is 18.6 Å². The minimum atomic E-state index is -1.01. The predicted octanol–water partition coefficient (Wildman–Crippen LogP) is 3.66. The van der Waals surface area contributed by atoms with Crippen molar-refractivity contribution in [3.63, 3.8) is 0 Å². The molecule has 7 heteroatoms. The van der Waals surface area contributed by atoms with Gasteiger partial charge in [-0.25, -0.2) is 4.98 Å². The van der Waals surface area contributed by atoms with Crippen molar-refractivity contribution in [2.24, 2.45) is 0 Å². The van der Waals surface area contributed by atoms with Crippen molar-refractivity contribution >= 4 is 17.2 Å². The number of carbonyl (C=O) groups is 1. The minimum absolute atomic E-state index is 0.0183. The zero-order chi connectivity index (χ0) is 20.9. The molecule has 1 fully saturated rings. The first kappa shape index (κ1) is 21.7. The average molecular weight is 419 g/mol. The first-order chi connectivity index (χ1) is 13.9. The number of thiazole rings is 1. The molecule has 1 atom stereocenters. The molecule has 1 unspecified atom stereocenters. The van der Waals surface area contributed by atoms with Crippen LogP contribution in [0.2, 0.25) is 0 Å². The van der Waals surface area contributed by atoms with Gasteiger partial charge in [-0.2, -0.15) is 0 Å². The van der Waals surface area contributed by atoms with Crippen LogP contribution in [-0.4, -0.2) is 46.7 Å². The van der Waals surface area contributed by atoms with E-state index < -0.39 is 5.60 Å². The van der Waals surface area contributed by atoms with Crippen molar-refractivity contribution < 1.29 is 19.4 Å². The van der Waals surface area contributed by atoms with Gasteiger partial charge in [0.2, 0.25) is 5.91 Å². The normalized spacial score (nSPS) is 20.0. The molecule has 0 aliphatic carbocycles. The van der Waals surface area contributed by atoms with Crippen molar-refractivity contribution in [2.45, 2.75) is 58.3 Å². The molecule has 1 aromatic heterocycles. The summed E-state index contributed by atoms with van der Waals surface area (Å²) in [6, 6.07) is 9.67. The van der Waals surface area contributed by atoms with Crippen LogP contribution in [-0.2, 0) is 21.7 Å². The second kappa shape index (κ2) is 9.69. The van der Waals surface area contributed by atoms with Crippen molar-refractivity contribution in [1.82, 2.24) is 9.88 Å². The highest BCUT2D eigenvalue weighted by Gasteiger charge is 2.36. The molecule has 2 aromatic rings. The van der Waals surface area contributed by atoms with Gasteiger partial charge >= 0.3 is 0 Å². The van der Waals surface area contributed by atoms with E-state index in [0.29, 0.717) is 32.5 Å². The summed E-state index contributed by atoms with van der Waals surface area (Å²) in [6.45, 7) is 7.44. The molecular weight excluding hydrogens is 388 g/mol. The summed E-state index contributed by atoms with van der Waals surface area (Å²) < 4.78 is 11.3. The number of amides is 1. The van der Waals surface area contributed by atoms with Crippen molar-refractivity contribution in [2.75, 3.05) is 19.7 Å². The van der Waals surface area contributed by atoms with Gasteiger partial charge in [-0.05, 0) is 45.7 Å². The fourth-order valence-corrected chi connectivity index (χ4v) is 4.46. The summed E-state index contributed by atoms with van der Waals surface area (Å²) in [5.41, 5.74) is -0.120. The van der Waals surface area contributed by atoms with Crippen LogP contribution in [0.4, 0.5) is 0 Å². The van der Waals surface area contributed by atoms with Crippen LogP contribution in [0.25, 0.3) is 0 Å². The molecule has 1 aliphatic rings. The number of likely N-dealkylation sites (tertiary alicyclic amines) is 1. The molecule has 29 heavy (non-hydrogen) atoms. The maximum absolute atomic E-state index is 12.4. The molecule has 0 saturated carbocycles. The third kappa shape index (κ3) is 5.78. The first-order valence-corrected chi connectivity index (χ1v) is 11.0. The number of carbonyl (C=O) groups excluding carboxylic acids is 1. The maximum atomic E-state index is 12.4. The van der Waals surface area contributed by atoms with Crippen LogP contribution in [0, 0.1) is 6.92 Å². The van der Waals surface area contributed by atoms with Crippen LogP contribution >= 0.6 is 11.3 Å². The number of benzene rings is 1. The first-order valence-electron chi connectivity index (χ1n) is 10.1. The molecule has 6 nitrogen and oxygen atoms in total. The summed E-state index contributed by atoms with van der Waals surface area (Å²) in [5, 5.41) is 12.0. The molecule has 158 valence electrons. The topological polar surface area (TPSA) is 71.9 Å². The Hall–Kier alpha value is -1.96. The van der Waals surface area contributed by atoms with Gasteiger partial charge in [0.05, 0.1) is 16.7 Å². The lowest BCUT2D eigenvalue weighted by Gasteiger charge is -2.25. The van der Waals surface area contributed by atoms with Crippen molar-refractivity contribution in [3.8, 4) is 5.75 Å². The van der Waals surface area contributed by atoms with E-state index >= 15 is 0 Å². The van der Waals surface area contributed by atoms with Gasteiger partial charge in [-0.15, -0.1) is 11.3 Å². The number of hydrogen-bond donors (Lipinski definition) is 1. The molecule has 1 aromatic carbocycles. The van der Waals surface area contributed by atoms with Crippen LogP contribution in [0.1, 0.15) is 48.7 Å². The molecule has 0 bridgehead atoms. The van der Waals surface area contributed by atoms with E-state index in [4.69, 9.17) is 9.47 Å². The number of hydrogen-bond acceptors (Lipinski definition) is 6. The smallest absolute Gasteiger partial charge is 0.248 e. The summed E-state index contributed by atoms with van der Waals surface area (Å²) in [6.07, 6.45) is 1.83. The number of aryl methyl sites for hydroxylation is 1. The zero-order valence-electron chi connectivity index (χ0n) is 17.4. The molecule has 2 heterocycles. The lowest BCUT2D eigenvalue weighted by Crippen LogP contribution is -2.36. The highest BCUT2D eigenvalue weighted by molar-refractivity contribution is 7.11. The van der Waals surface area contributed by atoms with Gasteiger partial charge in [0, 0.05) is 19.5 Å². The summed E-state index contributed by atoms with van der Waals surface area (Å²) in [7, 11) is 0. The van der Waals surface area contributed by atoms with Crippen LogP contribution in [0.3, 0.4) is 0 Å². The summed E-state index contributed by atoms with van der Waals surface area (Å²) >= 11 is 1.50. The van der Waals surface area contributed by atoms with E-state index in [2.05, 4.69) is 4.98 Å². The highest BCUT2D eigenvalue weighted by atomic mass is 32.1. The van der Waals surface area contributed by atoms with Gasteiger partial charge in [-0.3, -0.25) is 4.79 Å². The third-order valence-electron chi connectivity index (χ3n) is 5.11. The Morgan fingerprint density at radius 2 is 2.03 bits per heavy atom. The number of aliphatic hydroxyl groups is 1. The van der Waals surface area contributed by atoms with Crippen LogP contribution in [0.15, 0.2) is 30.3 Å². The number of ether oxygens (including phenoxy) is 2. The Morgan fingerprint density at radius 1 is 1.28 bits per heavy atom. The minimum Gasteiger partial charge on any atom is -0.488 e. The lowest BCUT2D eigenvalue weighted by molar-refractivity contribution is -0.137. The second-order valence-corrected chi connectivity index (χ2v) is 8.84. The van der Waals surface area contributed by atoms with E-state index in [1.165, 1.54) is 11.3 Å². The number of nitrogens with zero attached hydrogens (tertiary/aromatic N) is 2. The van der Waals surface area contributed by atoms with Gasteiger partial charge in [-0.1, -0.05) is 18.2 Å². The molecule has 3 rings (SSSR count). The lowest BCUT2D eigenvalue weighted by atomic mass is 9.96. The summed E-state index contributed by atoms with van der Waals surface area (Å²) in [4.78, 5) is 19.8. The molecular formula is C22H30N2O4S. The molecule has 1 saturated heterocycles. The molecule has 0 radical (unpaired) electrons. The van der Waals surface area contributed by atoms with E-state index in [1.807, 2.05) is 51.1 Å².